The minimum Gasteiger partial charge on any atom is -0.398 e. The van der Waals surface area contributed by atoms with Crippen molar-refractivity contribution in [2.45, 2.75) is 6.42 Å². The van der Waals surface area contributed by atoms with Crippen LogP contribution in [-0.4, -0.2) is 0 Å². The molecule has 2 aromatic rings. The van der Waals surface area contributed by atoms with Crippen LogP contribution in [0.2, 0.25) is 0 Å². The monoisotopic (exact) mass is 259 g/mol. The van der Waals surface area contributed by atoms with Gasteiger partial charge < -0.3 is 11.1 Å². The van der Waals surface area contributed by atoms with Crippen LogP contribution in [0.1, 0.15) is 5.56 Å². The molecule has 5 heteroatoms. The van der Waals surface area contributed by atoms with E-state index in [1.807, 2.05) is 6.07 Å². The third-order valence-corrected chi connectivity index (χ3v) is 2.62. The number of benzene rings is 2. The molecule has 0 heterocycles. The Hall–Kier alpha value is -2.61. The number of anilines is 3. The summed E-state index contributed by atoms with van der Waals surface area (Å²) in [4.78, 5) is 0. The van der Waals surface area contributed by atoms with Gasteiger partial charge in [0.1, 0.15) is 11.6 Å². The van der Waals surface area contributed by atoms with Crippen molar-refractivity contribution in [2.75, 3.05) is 11.1 Å². The molecular formula is C14H11F2N3. The second-order valence-corrected chi connectivity index (χ2v) is 4.00. The normalized spacial score (nSPS) is 9.95. The second kappa shape index (κ2) is 5.36. The molecule has 0 bridgehead atoms. The molecule has 3 nitrogen and oxygen atoms in total. The third kappa shape index (κ3) is 2.99. The molecule has 0 amide bonds. The van der Waals surface area contributed by atoms with E-state index in [0.717, 1.165) is 18.2 Å². The lowest BCUT2D eigenvalue weighted by molar-refractivity contribution is 0.603. The van der Waals surface area contributed by atoms with Crippen LogP contribution in [0.25, 0.3) is 0 Å². The van der Waals surface area contributed by atoms with Gasteiger partial charge in [0.25, 0.3) is 0 Å². The number of nitrogens with zero attached hydrogens (tertiary/aromatic N) is 1. The van der Waals surface area contributed by atoms with E-state index < -0.39 is 11.6 Å². The molecule has 0 unspecified atom stereocenters. The van der Waals surface area contributed by atoms with Crippen LogP contribution in [-0.2, 0) is 6.42 Å². The fraction of sp³-hybridized carbons (Fsp3) is 0.0714. The lowest BCUT2D eigenvalue weighted by atomic mass is 10.1. The summed E-state index contributed by atoms with van der Waals surface area (Å²) in [7, 11) is 0. The van der Waals surface area contributed by atoms with Crippen LogP contribution in [0, 0.1) is 23.0 Å². The maximum Gasteiger partial charge on any atom is 0.146 e. The van der Waals surface area contributed by atoms with E-state index in [0.29, 0.717) is 16.9 Å². The Bertz CT molecular complexity index is 648. The number of halogens is 2. The Balaban J connectivity index is 2.31. The van der Waals surface area contributed by atoms with Gasteiger partial charge in [-0.3, -0.25) is 0 Å². The number of hydrogen-bond donors (Lipinski definition) is 2. The van der Waals surface area contributed by atoms with E-state index in [9.17, 15) is 8.78 Å². The molecule has 0 aromatic heterocycles. The SMILES string of the molecule is N#CCc1cc(Nc2cc(F)ccc2F)ccc1N. The number of nitrogen functional groups attached to an aromatic ring is 1. The number of rotatable bonds is 3. The van der Waals surface area contributed by atoms with Gasteiger partial charge in [-0.1, -0.05) is 0 Å². The number of nitrogens with one attached hydrogen (secondary N) is 1. The first-order chi connectivity index (χ1) is 9.10. The highest BCUT2D eigenvalue weighted by Crippen LogP contribution is 2.24. The highest BCUT2D eigenvalue weighted by atomic mass is 19.1. The summed E-state index contributed by atoms with van der Waals surface area (Å²) in [5.74, 6) is -1.09. The summed E-state index contributed by atoms with van der Waals surface area (Å²) < 4.78 is 26.5. The standard InChI is InChI=1S/C14H11F2N3/c15-10-1-3-12(16)14(8-10)19-11-2-4-13(18)9(7-11)5-6-17/h1-4,7-8,19H,5,18H2. The molecule has 2 aromatic carbocycles. The van der Waals surface area contributed by atoms with Crippen LogP contribution in [0.3, 0.4) is 0 Å². The molecule has 0 saturated carbocycles. The van der Waals surface area contributed by atoms with Gasteiger partial charge >= 0.3 is 0 Å². The van der Waals surface area contributed by atoms with Crippen molar-refractivity contribution < 1.29 is 8.78 Å². The predicted molar refractivity (Wildman–Crippen MR) is 69.8 cm³/mol. The Morgan fingerprint density at radius 3 is 2.68 bits per heavy atom. The van der Waals surface area contributed by atoms with Gasteiger partial charge in [-0.25, -0.2) is 8.78 Å². The third-order valence-electron chi connectivity index (χ3n) is 2.62. The zero-order valence-electron chi connectivity index (χ0n) is 9.95. The summed E-state index contributed by atoms with van der Waals surface area (Å²) in [5.41, 5.74) is 7.43. The Labute approximate surface area is 109 Å². The maximum atomic E-state index is 13.5. The molecule has 0 radical (unpaired) electrons. The van der Waals surface area contributed by atoms with Crippen LogP contribution in [0.15, 0.2) is 36.4 Å². The number of nitrogens with two attached hydrogens (primary N) is 1. The van der Waals surface area contributed by atoms with Crippen LogP contribution < -0.4 is 11.1 Å². The average molecular weight is 259 g/mol. The summed E-state index contributed by atoms with van der Waals surface area (Å²) >= 11 is 0. The van der Waals surface area contributed by atoms with Crippen molar-refractivity contribution in [3.05, 3.63) is 53.6 Å². The van der Waals surface area contributed by atoms with Gasteiger partial charge in [0.05, 0.1) is 18.2 Å². The molecule has 2 rings (SSSR count). The summed E-state index contributed by atoms with van der Waals surface area (Å²) in [6.07, 6.45) is 0.160. The zero-order chi connectivity index (χ0) is 13.8. The zero-order valence-corrected chi connectivity index (χ0v) is 9.95. The molecular weight excluding hydrogens is 248 g/mol. The van der Waals surface area contributed by atoms with E-state index in [-0.39, 0.29) is 12.1 Å². The van der Waals surface area contributed by atoms with Crippen molar-refractivity contribution in [2.24, 2.45) is 0 Å². The van der Waals surface area contributed by atoms with Crippen LogP contribution >= 0.6 is 0 Å². The van der Waals surface area contributed by atoms with Crippen molar-refractivity contribution in [1.82, 2.24) is 0 Å². The lowest BCUT2D eigenvalue weighted by Crippen LogP contribution is -1.98. The Morgan fingerprint density at radius 1 is 1.16 bits per heavy atom. The van der Waals surface area contributed by atoms with E-state index >= 15 is 0 Å². The molecule has 19 heavy (non-hydrogen) atoms. The van der Waals surface area contributed by atoms with Crippen molar-refractivity contribution >= 4 is 17.1 Å². The van der Waals surface area contributed by atoms with Gasteiger partial charge in [0.15, 0.2) is 0 Å². The van der Waals surface area contributed by atoms with Gasteiger partial charge in [-0.15, -0.1) is 0 Å². The van der Waals surface area contributed by atoms with E-state index in [1.165, 1.54) is 0 Å². The topological polar surface area (TPSA) is 61.8 Å². The van der Waals surface area contributed by atoms with Crippen LogP contribution in [0.5, 0.6) is 0 Å². The molecule has 3 N–H and O–H groups in total. The minimum atomic E-state index is -0.556. The van der Waals surface area contributed by atoms with Crippen molar-refractivity contribution in [1.29, 1.82) is 5.26 Å². The molecule has 0 fully saturated rings. The van der Waals surface area contributed by atoms with Gasteiger partial charge in [0, 0.05) is 17.4 Å². The van der Waals surface area contributed by atoms with Gasteiger partial charge in [-0.2, -0.15) is 5.26 Å². The fourth-order valence-corrected chi connectivity index (χ4v) is 1.67. The fourth-order valence-electron chi connectivity index (χ4n) is 1.67. The molecule has 0 atom stereocenters. The molecule has 0 saturated heterocycles. The molecule has 0 aliphatic carbocycles. The van der Waals surface area contributed by atoms with Crippen LogP contribution in [0.4, 0.5) is 25.8 Å². The second-order valence-electron chi connectivity index (χ2n) is 4.00. The lowest BCUT2D eigenvalue weighted by Gasteiger charge is -2.10. The predicted octanol–water partition coefficient (Wildman–Crippen LogP) is 3.36. The summed E-state index contributed by atoms with van der Waals surface area (Å²) in [6, 6.07) is 10.1. The quantitative estimate of drug-likeness (QED) is 0.831. The highest BCUT2D eigenvalue weighted by molar-refractivity contribution is 5.65. The first-order valence-electron chi connectivity index (χ1n) is 5.57. The Kier molecular flexibility index (Phi) is 3.62. The van der Waals surface area contributed by atoms with E-state index in [2.05, 4.69) is 5.32 Å². The summed E-state index contributed by atoms with van der Waals surface area (Å²) in [6.45, 7) is 0. The highest BCUT2D eigenvalue weighted by Gasteiger charge is 2.06. The first-order valence-corrected chi connectivity index (χ1v) is 5.57. The molecule has 0 aliphatic heterocycles. The van der Waals surface area contributed by atoms with Crippen molar-refractivity contribution in [3.63, 3.8) is 0 Å². The first kappa shape index (κ1) is 12.8. The van der Waals surface area contributed by atoms with Gasteiger partial charge in [-0.05, 0) is 35.9 Å². The van der Waals surface area contributed by atoms with E-state index in [1.54, 1.807) is 18.2 Å². The van der Waals surface area contributed by atoms with Gasteiger partial charge in [0.2, 0.25) is 0 Å². The molecule has 0 aliphatic rings. The summed E-state index contributed by atoms with van der Waals surface area (Å²) in [5, 5.41) is 11.4. The molecule has 96 valence electrons. The number of hydrogen-bond acceptors (Lipinski definition) is 3. The largest absolute Gasteiger partial charge is 0.398 e. The minimum absolute atomic E-state index is 0.0349. The van der Waals surface area contributed by atoms with Crippen molar-refractivity contribution in [3.8, 4) is 6.07 Å². The molecule has 0 spiro atoms. The number of nitriles is 1. The average Bonchev–Trinajstić information content (AvgIpc) is 2.38. The smallest absolute Gasteiger partial charge is 0.146 e. The van der Waals surface area contributed by atoms with E-state index in [4.69, 9.17) is 11.0 Å². The maximum absolute atomic E-state index is 13.5. The Morgan fingerprint density at radius 2 is 1.95 bits per heavy atom.